The van der Waals surface area contributed by atoms with Crippen molar-refractivity contribution in [1.29, 1.82) is 0 Å². The number of nitrogens with two attached hydrogens (primary N) is 1. The Balaban J connectivity index is 2.00. The Morgan fingerprint density at radius 2 is 0.939 bits per heavy atom. The molecule has 2 unspecified atom stereocenters. The lowest BCUT2D eigenvalue weighted by molar-refractivity contribution is -0.116. The van der Waals surface area contributed by atoms with Crippen LogP contribution in [0.15, 0.2) is 113 Å². The fraction of sp³-hybridized carbons (Fsp3) is 0.176. The average Bonchev–Trinajstić information content (AvgIpc) is 3.18. The molecule has 0 radical (unpaired) electrons. The molecule has 2 amide bonds. The zero-order chi connectivity index (χ0) is 50.1. The van der Waals surface area contributed by atoms with E-state index in [0.29, 0.717) is 41.1 Å². The molecule has 0 heterocycles. The van der Waals surface area contributed by atoms with Gasteiger partial charge in [0.15, 0.2) is 25.4 Å². The second-order valence-corrected chi connectivity index (χ2v) is 23.0. The van der Waals surface area contributed by atoms with Gasteiger partial charge in [0.2, 0.25) is 11.8 Å². The van der Waals surface area contributed by atoms with Gasteiger partial charge in [-0.15, -0.1) is 20.5 Å². The van der Waals surface area contributed by atoms with Crippen LogP contribution >= 0.6 is 0 Å². The summed E-state index contributed by atoms with van der Waals surface area (Å²) in [7, 11) is -29.9. The van der Waals surface area contributed by atoms with Crippen LogP contribution < -0.4 is 16.4 Å². The van der Waals surface area contributed by atoms with Gasteiger partial charge in [0.05, 0.1) is 11.1 Å². The number of hydrogen-bond donors (Lipinski definition) is 8. The van der Waals surface area contributed by atoms with Crippen LogP contribution in [0.1, 0.15) is 26.7 Å². The number of nitrogen functional groups attached to an aromatic ring is 1. The lowest BCUT2D eigenvalue weighted by Crippen LogP contribution is -2.33. The van der Waals surface area contributed by atoms with E-state index in [2.05, 4.69) is 44.2 Å². The van der Waals surface area contributed by atoms with Gasteiger partial charge in [0, 0.05) is 22.2 Å². The third kappa shape index (κ3) is 11.5. The van der Waals surface area contributed by atoms with E-state index in [1.807, 2.05) is 0 Å². The summed E-state index contributed by atoms with van der Waals surface area (Å²) < 4.78 is 189. The number of amides is 2. The maximum absolute atomic E-state index is 12.9. The molecular weight excluding hydrogens is 1000 g/mol. The number of fused-ring (bicyclic) bond motifs is 1. The van der Waals surface area contributed by atoms with Gasteiger partial charge in [-0.05, 0) is 66.8 Å². The predicted octanol–water partition coefficient (Wildman–Crippen LogP) is 4.50. The van der Waals surface area contributed by atoms with Crippen molar-refractivity contribution < 1.29 is 83.4 Å². The molecule has 0 aliphatic rings. The second-order valence-electron chi connectivity index (χ2n) is 13.3. The van der Waals surface area contributed by atoms with Gasteiger partial charge in [0.25, 0.3) is 40.5 Å². The molecule has 66 heavy (non-hydrogen) atoms. The van der Waals surface area contributed by atoms with Crippen LogP contribution in [0.2, 0.25) is 0 Å². The number of nitrogens with one attached hydrogen (secondary N) is 2. The molecule has 356 valence electrons. The van der Waals surface area contributed by atoms with Crippen molar-refractivity contribution >= 4 is 123 Å². The first-order valence-corrected chi connectivity index (χ1v) is 26.7. The number of benzene rings is 4. The number of phenols is 1. The van der Waals surface area contributed by atoms with E-state index in [1.54, 1.807) is 0 Å². The Kier molecular flexibility index (Phi) is 15.1. The standard InChI is InChI=1S/C34H35N7O19S6/c1-5-22(61(45,46)7-3)33(43)36-18-9-11-24(63(49,50)51)20(15-18)38-40-30-26(65(55,56)57)13-17-14-27(66(58,59)60)31(32(42)28(17)29(30)35)41-39-21-16-19(10-12-25(21)64(52,53)54)37-34(44)23(6-2)62(47,48)8-4/h7-16,22-23,42H,3-6,35H2,1-2H3,(H,36,43)(H,37,44)(H,49,50,51)(H,52,53,54)(H,55,56,57)(H,58,59,60)/b40-38+,41-39+. The normalized spacial score (nSPS) is 14.0. The van der Waals surface area contributed by atoms with Crippen LogP contribution in [-0.2, 0) is 69.7 Å². The molecule has 4 aromatic rings. The molecule has 0 saturated carbocycles. The van der Waals surface area contributed by atoms with Crippen molar-refractivity contribution in [2.45, 2.75) is 56.8 Å². The number of carbonyl (C=O) groups excluding carboxylic acids is 2. The third-order valence-corrected chi connectivity index (χ3v) is 16.1. The molecule has 0 saturated heterocycles. The van der Waals surface area contributed by atoms with Gasteiger partial charge in [-0.1, -0.05) is 27.0 Å². The Morgan fingerprint density at radius 3 is 1.27 bits per heavy atom. The van der Waals surface area contributed by atoms with Gasteiger partial charge in [-0.25, -0.2) is 16.8 Å². The van der Waals surface area contributed by atoms with E-state index in [9.17, 15) is 83.4 Å². The first-order chi connectivity index (χ1) is 30.2. The number of anilines is 3. The number of nitrogens with zero attached hydrogens (tertiary/aromatic N) is 4. The number of hydrogen-bond acceptors (Lipinski definition) is 20. The van der Waals surface area contributed by atoms with E-state index in [0.717, 1.165) is 18.2 Å². The molecule has 0 spiro atoms. The summed E-state index contributed by atoms with van der Waals surface area (Å²) in [6.07, 6.45) is -0.500. The highest BCUT2D eigenvalue weighted by Gasteiger charge is 2.32. The van der Waals surface area contributed by atoms with Crippen LogP contribution in [0.3, 0.4) is 0 Å². The van der Waals surface area contributed by atoms with Crippen LogP contribution in [-0.4, -0.2) is 96.1 Å². The summed E-state index contributed by atoms with van der Waals surface area (Å²) >= 11 is 0. The van der Waals surface area contributed by atoms with Crippen LogP contribution in [0.25, 0.3) is 10.8 Å². The number of azo groups is 2. The highest BCUT2D eigenvalue weighted by Crippen LogP contribution is 2.49. The lowest BCUT2D eigenvalue weighted by atomic mass is 10.1. The third-order valence-electron chi connectivity index (χ3n) is 8.98. The van der Waals surface area contributed by atoms with Crippen LogP contribution in [0.5, 0.6) is 5.75 Å². The minimum atomic E-state index is -5.56. The highest BCUT2D eigenvalue weighted by atomic mass is 32.2. The van der Waals surface area contributed by atoms with Gasteiger partial charge in [-0.2, -0.15) is 33.7 Å². The van der Waals surface area contributed by atoms with E-state index in [1.165, 1.54) is 13.8 Å². The van der Waals surface area contributed by atoms with Crippen LogP contribution in [0.4, 0.5) is 39.8 Å². The monoisotopic (exact) mass is 1040 g/mol. The van der Waals surface area contributed by atoms with Crippen molar-refractivity contribution in [3.8, 4) is 5.75 Å². The molecule has 32 heteroatoms. The fourth-order valence-electron chi connectivity index (χ4n) is 5.91. The van der Waals surface area contributed by atoms with Crippen LogP contribution in [0, 0.1) is 0 Å². The number of phenolic OH excluding ortho intramolecular Hbond substituents is 1. The molecule has 4 rings (SSSR count). The molecular formula is C34H35N7O19S6. The molecule has 0 aliphatic heterocycles. The smallest absolute Gasteiger partial charge is 0.296 e. The number of sulfone groups is 2. The molecule has 2 atom stereocenters. The van der Waals surface area contributed by atoms with Gasteiger partial charge in [0.1, 0.15) is 52.8 Å². The largest absolute Gasteiger partial charge is 0.505 e. The van der Waals surface area contributed by atoms with Crippen molar-refractivity contribution in [2.75, 3.05) is 16.4 Å². The zero-order valence-electron chi connectivity index (χ0n) is 33.5. The molecule has 26 nitrogen and oxygen atoms in total. The SMILES string of the molecule is C=CS(=O)(=O)C(CC)C(=O)Nc1ccc(S(=O)(=O)O)c(/N=N/c2c(S(=O)(=O)O)cc3cc(S(=O)(=O)O)c(/N=N/c4cc(NC(=O)C(CC)S(=O)(=O)C=C)ccc4S(=O)(=O)O)c(O)c3c2N)c1. The van der Waals surface area contributed by atoms with Crippen molar-refractivity contribution in [1.82, 2.24) is 0 Å². The van der Waals surface area contributed by atoms with E-state index >= 15 is 0 Å². The predicted molar refractivity (Wildman–Crippen MR) is 234 cm³/mol. The average molecular weight is 1040 g/mol. The fourth-order valence-corrected chi connectivity index (χ4v) is 10.6. The Bertz CT molecular complexity index is 3260. The maximum Gasteiger partial charge on any atom is 0.296 e. The summed E-state index contributed by atoms with van der Waals surface area (Å²) in [5, 5.41) is 26.3. The molecule has 0 aliphatic carbocycles. The summed E-state index contributed by atoms with van der Waals surface area (Å²) in [5.41, 5.74) is 0.218. The Labute approximate surface area is 375 Å². The van der Waals surface area contributed by atoms with E-state index in [-0.39, 0.29) is 24.2 Å². The summed E-state index contributed by atoms with van der Waals surface area (Å²) in [6.45, 7) is 9.01. The summed E-state index contributed by atoms with van der Waals surface area (Å²) in [5.74, 6) is -3.67. The molecule has 0 aromatic heterocycles. The van der Waals surface area contributed by atoms with Gasteiger partial charge < -0.3 is 21.5 Å². The van der Waals surface area contributed by atoms with Gasteiger partial charge in [-0.3, -0.25) is 27.8 Å². The molecule has 4 aromatic carbocycles. The first kappa shape index (κ1) is 52.5. The second kappa shape index (κ2) is 19.0. The Hall–Kier alpha value is -6.10. The van der Waals surface area contributed by atoms with E-state index in [4.69, 9.17) is 5.73 Å². The van der Waals surface area contributed by atoms with Crippen molar-refractivity contribution in [3.05, 3.63) is 72.5 Å². The zero-order valence-corrected chi connectivity index (χ0v) is 38.4. The minimum absolute atomic E-state index is 0.248. The first-order valence-electron chi connectivity index (χ1n) is 17.7. The summed E-state index contributed by atoms with van der Waals surface area (Å²) in [4.78, 5) is 20.9. The molecule has 9 N–H and O–H groups in total. The number of carbonyl (C=O) groups is 2. The topological polar surface area (TPSA) is 440 Å². The van der Waals surface area contributed by atoms with E-state index < -0.39 is 147 Å². The highest BCUT2D eigenvalue weighted by molar-refractivity contribution is 7.96. The van der Waals surface area contributed by atoms with Crippen molar-refractivity contribution in [3.63, 3.8) is 0 Å². The molecule has 0 fully saturated rings. The summed E-state index contributed by atoms with van der Waals surface area (Å²) in [6, 6.07) is 5.42. The number of rotatable bonds is 18. The number of aromatic hydroxyl groups is 1. The lowest BCUT2D eigenvalue weighted by Gasteiger charge is -2.15. The van der Waals surface area contributed by atoms with Crippen molar-refractivity contribution in [2.24, 2.45) is 20.5 Å². The quantitative estimate of drug-likeness (QED) is 0.0386. The Morgan fingerprint density at radius 1 is 0.591 bits per heavy atom. The molecule has 0 bridgehead atoms. The van der Waals surface area contributed by atoms with Gasteiger partial charge >= 0.3 is 0 Å². The maximum atomic E-state index is 12.9. The minimum Gasteiger partial charge on any atom is -0.505 e.